The summed E-state index contributed by atoms with van der Waals surface area (Å²) in [6, 6.07) is 0. The normalized spacial score (nSPS) is 12.8. The first-order chi connectivity index (χ1) is 4.04. The van der Waals surface area contributed by atoms with Crippen LogP contribution in [0, 0.1) is 0 Å². The Labute approximate surface area is 55.2 Å². The van der Waals surface area contributed by atoms with Gasteiger partial charge in [0.25, 0.3) is 0 Å². The minimum absolute atomic E-state index is 0.00880. The molecule has 0 spiro atoms. The number of rotatable bonds is 3. The Bertz CT molecular complexity index is 127. The van der Waals surface area contributed by atoms with E-state index in [1.54, 1.807) is 6.92 Å². The molecule has 0 aliphatic rings. The fourth-order valence-corrected chi connectivity index (χ4v) is 0.447. The minimum atomic E-state index is -0.650. The summed E-state index contributed by atoms with van der Waals surface area (Å²) in [7, 11) is 0. The first kappa shape index (κ1) is 8.37. The van der Waals surface area contributed by atoms with Crippen LogP contribution in [-0.2, 0) is 4.79 Å². The molecule has 0 rings (SSSR count). The van der Waals surface area contributed by atoms with Crippen molar-refractivity contribution in [3.63, 3.8) is 0 Å². The summed E-state index contributed by atoms with van der Waals surface area (Å²) in [4.78, 5) is 10.4. The van der Waals surface area contributed by atoms with Crippen molar-refractivity contribution in [3.05, 3.63) is 12.2 Å². The third-order valence-corrected chi connectivity index (χ3v) is 1.05. The molecule has 0 amide bonds. The molecule has 0 aromatic carbocycles. The predicted molar refractivity (Wildman–Crippen MR) is 36.1 cm³/mol. The summed E-state index contributed by atoms with van der Waals surface area (Å²) in [5.41, 5.74) is 0.644. The Morgan fingerprint density at radius 3 is 2.22 bits per heavy atom. The van der Waals surface area contributed by atoms with E-state index in [0.717, 1.165) is 0 Å². The van der Waals surface area contributed by atoms with E-state index in [0.29, 0.717) is 5.57 Å². The van der Waals surface area contributed by atoms with Crippen LogP contribution in [0.1, 0.15) is 20.3 Å². The lowest BCUT2D eigenvalue weighted by Crippen LogP contribution is -2.11. The SMILES string of the molecule is C=C(C)C(O)CC(C)=O. The molecule has 0 heterocycles. The first-order valence-corrected chi connectivity index (χ1v) is 2.87. The number of Topliss-reactive ketones (excluding diaryl/α,β-unsaturated/α-hetero) is 1. The maximum atomic E-state index is 10.4. The van der Waals surface area contributed by atoms with Crippen molar-refractivity contribution in [3.8, 4) is 0 Å². The van der Waals surface area contributed by atoms with E-state index in [1.165, 1.54) is 6.92 Å². The van der Waals surface area contributed by atoms with Crippen LogP contribution in [0.3, 0.4) is 0 Å². The van der Waals surface area contributed by atoms with Gasteiger partial charge in [-0.25, -0.2) is 0 Å². The second kappa shape index (κ2) is 3.41. The highest BCUT2D eigenvalue weighted by Crippen LogP contribution is 2.01. The van der Waals surface area contributed by atoms with E-state index in [-0.39, 0.29) is 12.2 Å². The molecule has 1 unspecified atom stereocenters. The van der Waals surface area contributed by atoms with E-state index in [4.69, 9.17) is 5.11 Å². The van der Waals surface area contributed by atoms with Crippen molar-refractivity contribution < 1.29 is 9.90 Å². The zero-order chi connectivity index (χ0) is 7.44. The van der Waals surface area contributed by atoms with Gasteiger partial charge < -0.3 is 5.11 Å². The van der Waals surface area contributed by atoms with Crippen LogP contribution in [0.15, 0.2) is 12.2 Å². The number of hydrogen-bond donors (Lipinski definition) is 1. The van der Waals surface area contributed by atoms with Crippen molar-refractivity contribution in [2.75, 3.05) is 0 Å². The number of carbonyl (C=O) groups is 1. The lowest BCUT2D eigenvalue weighted by molar-refractivity contribution is -0.118. The van der Waals surface area contributed by atoms with E-state index < -0.39 is 6.10 Å². The molecule has 0 aliphatic carbocycles. The van der Waals surface area contributed by atoms with Gasteiger partial charge in [-0.3, -0.25) is 4.79 Å². The molecule has 0 bridgehead atoms. The van der Waals surface area contributed by atoms with Gasteiger partial charge >= 0.3 is 0 Å². The number of ketones is 1. The highest BCUT2D eigenvalue weighted by Gasteiger charge is 2.05. The van der Waals surface area contributed by atoms with Crippen LogP contribution in [-0.4, -0.2) is 17.0 Å². The van der Waals surface area contributed by atoms with Gasteiger partial charge in [-0.15, -0.1) is 0 Å². The van der Waals surface area contributed by atoms with Crippen LogP contribution in [0.4, 0.5) is 0 Å². The third kappa shape index (κ3) is 3.91. The average molecular weight is 128 g/mol. The maximum Gasteiger partial charge on any atom is 0.132 e. The number of aliphatic hydroxyl groups is 1. The molecule has 52 valence electrons. The van der Waals surface area contributed by atoms with Crippen molar-refractivity contribution in [1.82, 2.24) is 0 Å². The van der Waals surface area contributed by atoms with Gasteiger partial charge in [0.1, 0.15) is 5.78 Å². The summed E-state index contributed by atoms with van der Waals surface area (Å²) >= 11 is 0. The van der Waals surface area contributed by atoms with Gasteiger partial charge in [-0.05, 0) is 13.8 Å². The molecule has 0 aromatic heterocycles. The van der Waals surface area contributed by atoms with Gasteiger partial charge in [0.2, 0.25) is 0 Å². The number of hydrogen-bond acceptors (Lipinski definition) is 2. The van der Waals surface area contributed by atoms with Gasteiger partial charge in [-0.1, -0.05) is 12.2 Å². The number of carbonyl (C=O) groups excluding carboxylic acids is 1. The molecule has 2 heteroatoms. The molecule has 0 fully saturated rings. The predicted octanol–water partition coefficient (Wildman–Crippen LogP) is 0.902. The van der Waals surface area contributed by atoms with Crippen molar-refractivity contribution in [1.29, 1.82) is 0 Å². The second-order valence-corrected chi connectivity index (χ2v) is 2.27. The van der Waals surface area contributed by atoms with Crippen LogP contribution in [0.5, 0.6) is 0 Å². The highest BCUT2D eigenvalue weighted by molar-refractivity contribution is 5.76. The van der Waals surface area contributed by atoms with Gasteiger partial charge in [0.15, 0.2) is 0 Å². The zero-order valence-corrected chi connectivity index (χ0v) is 5.85. The quantitative estimate of drug-likeness (QED) is 0.573. The van der Waals surface area contributed by atoms with E-state index in [1.807, 2.05) is 0 Å². The molecule has 0 saturated heterocycles. The number of aliphatic hydroxyl groups excluding tert-OH is 1. The molecule has 9 heavy (non-hydrogen) atoms. The lowest BCUT2D eigenvalue weighted by atomic mass is 10.1. The van der Waals surface area contributed by atoms with Crippen LogP contribution in [0.25, 0.3) is 0 Å². The van der Waals surface area contributed by atoms with Crippen LogP contribution in [0.2, 0.25) is 0 Å². The van der Waals surface area contributed by atoms with Crippen LogP contribution >= 0.6 is 0 Å². The molecular formula is C7H12O2. The van der Waals surface area contributed by atoms with Gasteiger partial charge in [-0.2, -0.15) is 0 Å². The Kier molecular flexibility index (Phi) is 3.17. The molecular weight excluding hydrogens is 116 g/mol. The summed E-state index contributed by atoms with van der Waals surface area (Å²) in [5, 5.41) is 8.98. The van der Waals surface area contributed by atoms with Gasteiger partial charge in [0.05, 0.1) is 6.10 Å². The second-order valence-electron chi connectivity index (χ2n) is 2.27. The molecule has 0 radical (unpaired) electrons. The lowest BCUT2D eigenvalue weighted by Gasteiger charge is -2.05. The monoisotopic (exact) mass is 128 g/mol. The van der Waals surface area contributed by atoms with Gasteiger partial charge in [0, 0.05) is 6.42 Å². The fraction of sp³-hybridized carbons (Fsp3) is 0.571. The first-order valence-electron chi connectivity index (χ1n) is 2.87. The molecule has 1 atom stereocenters. The largest absolute Gasteiger partial charge is 0.388 e. The van der Waals surface area contributed by atoms with Crippen molar-refractivity contribution >= 4 is 5.78 Å². The van der Waals surface area contributed by atoms with E-state index >= 15 is 0 Å². The molecule has 1 N–H and O–H groups in total. The Morgan fingerprint density at radius 2 is 2.11 bits per heavy atom. The summed E-state index contributed by atoms with van der Waals surface area (Å²) in [5.74, 6) is -0.00880. The molecule has 0 aliphatic heterocycles. The highest BCUT2D eigenvalue weighted by atomic mass is 16.3. The van der Waals surface area contributed by atoms with Crippen molar-refractivity contribution in [2.24, 2.45) is 0 Å². The molecule has 2 nitrogen and oxygen atoms in total. The van der Waals surface area contributed by atoms with E-state index in [2.05, 4.69) is 6.58 Å². The third-order valence-electron chi connectivity index (χ3n) is 1.05. The fourth-order valence-electron chi connectivity index (χ4n) is 0.447. The Morgan fingerprint density at radius 1 is 1.67 bits per heavy atom. The summed E-state index contributed by atoms with van der Waals surface area (Å²) < 4.78 is 0. The Hall–Kier alpha value is -0.630. The standard InChI is InChI=1S/C7H12O2/c1-5(2)7(9)4-6(3)8/h7,9H,1,4H2,2-3H3. The van der Waals surface area contributed by atoms with Crippen LogP contribution < -0.4 is 0 Å². The van der Waals surface area contributed by atoms with E-state index in [9.17, 15) is 4.79 Å². The molecule has 0 saturated carbocycles. The molecule has 0 aromatic rings. The Balaban J connectivity index is 3.63. The summed E-state index contributed by atoms with van der Waals surface area (Å²) in [6.45, 7) is 6.66. The maximum absolute atomic E-state index is 10.4. The minimum Gasteiger partial charge on any atom is -0.388 e. The topological polar surface area (TPSA) is 37.3 Å². The zero-order valence-electron chi connectivity index (χ0n) is 5.85. The summed E-state index contributed by atoms with van der Waals surface area (Å²) in [6.07, 6.45) is -0.461. The smallest absolute Gasteiger partial charge is 0.132 e. The average Bonchev–Trinajstić information content (AvgIpc) is 1.63. The van der Waals surface area contributed by atoms with Crippen molar-refractivity contribution in [2.45, 2.75) is 26.4 Å².